The number of allylic oxidation sites excluding steroid dienone is 1. The van der Waals surface area contributed by atoms with E-state index in [1.807, 2.05) is 12.1 Å². The smallest absolute Gasteiger partial charge is 0.175 e. The van der Waals surface area contributed by atoms with E-state index in [1.165, 1.54) is 6.26 Å². The predicted molar refractivity (Wildman–Crippen MR) is 72.1 cm³/mol. The molecule has 0 unspecified atom stereocenters. The first-order valence-corrected chi connectivity index (χ1v) is 8.01. The van der Waals surface area contributed by atoms with Crippen molar-refractivity contribution in [1.29, 1.82) is 0 Å². The maximum absolute atomic E-state index is 11.3. The lowest BCUT2D eigenvalue weighted by Gasteiger charge is -2.18. The fourth-order valence-corrected chi connectivity index (χ4v) is 2.61. The summed E-state index contributed by atoms with van der Waals surface area (Å²) in [5.74, 6) is 0.577. The summed E-state index contributed by atoms with van der Waals surface area (Å²) in [6.45, 7) is 1.67. The van der Waals surface area contributed by atoms with Crippen molar-refractivity contribution >= 4 is 15.9 Å². The largest absolute Gasteiger partial charge is 0.381 e. The summed E-state index contributed by atoms with van der Waals surface area (Å²) in [5, 5.41) is 0. The monoisotopic (exact) mass is 266 g/mol. The van der Waals surface area contributed by atoms with Crippen LogP contribution in [0.1, 0.15) is 18.4 Å². The molecule has 2 rings (SSSR count). The molecule has 0 spiro atoms. The van der Waals surface area contributed by atoms with E-state index in [2.05, 4.69) is 12.2 Å². The van der Waals surface area contributed by atoms with Gasteiger partial charge in [0.1, 0.15) is 0 Å². The van der Waals surface area contributed by atoms with Gasteiger partial charge in [-0.25, -0.2) is 8.42 Å². The number of hydrogen-bond donors (Lipinski definition) is 0. The Labute approximate surface area is 108 Å². The van der Waals surface area contributed by atoms with Crippen LogP contribution >= 0.6 is 0 Å². The lowest BCUT2D eigenvalue weighted by molar-refractivity contribution is 0.0787. The maximum Gasteiger partial charge on any atom is 0.175 e. The zero-order valence-corrected chi connectivity index (χ0v) is 11.3. The van der Waals surface area contributed by atoms with Crippen LogP contribution in [0.4, 0.5) is 0 Å². The number of rotatable bonds is 3. The molecule has 0 aromatic heterocycles. The van der Waals surface area contributed by atoms with E-state index in [-0.39, 0.29) is 0 Å². The van der Waals surface area contributed by atoms with Crippen molar-refractivity contribution < 1.29 is 13.2 Å². The molecule has 0 N–H and O–H groups in total. The van der Waals surface area contributed by atoms with Gasteiger partial charge in [-0.3, -0.25) is 0 Å². The molecule has 0 aliphatic carbocycles. The lowest BCUT2D eigenvalue weighted by Crippen LogP contribution is -2.13. The van der Waals surface area contributed by atoms with Crippen LogP contribution in [-0.2, 0) is 14.6 Å². The Balaban J connectivity index is 2.03. The molecule has 0 bridgehead atoms. The fourth-order valence-electron chi connectivity index (χ4n) is 1.98. The van der Waals surface area contributed by atoms with E-state index in [0.29, 0.717) is 10.8 Å². The third kappa shape index (κ3) is 3.68. The van der Waals surface area contributed by atoms with Gasteiger partial charge in [-0.15, -0.1) is 0 Å². The predicted octanol–water partition coefficient (Wildman–Crippen LogP) is 2.53. The highest BCUT2D eigenvalue weighted by molar-refractivity contribution is 7.90. The Morgan fingerprint density at radius 1 is 1.17 bits per heavy atom. The number of ether oxygens (including phenoxy) is 1. The van der Waals surface area contributed by atoms with Crippen molar-refractivity contribution in [1.82, 2.24) is 0 Å². The molecule has 1 aliphatic heterocycles. The molecule has 98 valence electrons. The Kier molecular flexibility index (Phi) is 4.19. The molecule has 0 amide bonds. The molecule has 0 radical (unpaired) electrons. The van der Waals surface area contributed by atoms with Gasteiger partial charge in [-0.1, -0.05) is 24.3 Å². The van der Waals surface area contributed by atoms with Crippen LogP contribution in [0, 0.1) is 5.92 Å². The molecule has 0 atom stereocenters. The first-order valence-electron chi connectivity index (χ1n) is 6.12. The minimum absolute atomic E-state index is 0.366. The quantitative estimate of drug-likeness (QED) is 0.844. The second-order valence-corrected chi connectivity index (χ2v) is 6.67. The highest BCUT2D eigenvalue weighted by Gasteiger charge is 2.10. The summed E-state index contributed by atoms with van der Waals surface area (Å²) in [7, 11) is -3.10. The number of hydrogen-bond acceptors (Lipinski definition) is 3. The van der Waals surface area contributed by atoms with Crippen LogP contribution in [-0.4, -0.2) is 27.9 Å². The molecule has 0 saturated carbocycles. The van der Waals surface area contributed by atoms with Gasteiger partial charge in [-0.2, -0.15) is 0 Å². The number of benzene rings is 1. The average Bonchev–Trinajstić information content (AvgIpc) is 2.37. The van der Waals surface area contributed by atoms with Crippen LogP contribution in [0.2, 0.25) is 0 Å². The highest BCUT2D eigenvalue weighted by Crippen LogP contribution is 2.18. The van der Waals surface area contributed by atoms with Crippen LogP contribution in [0.5, 0.6) is 0 Å². The Morgan fingerprint density at radius 3 is 2.33 bits per heavy atom. The standard InChI is InChI=1S/C14H18O3S/c1-18(15,16)14-6-4-12(5-7-14)2-3-13-8-10-17-11-9-13/h2-7,13H,8-11H2,1H3. The van der Waals surface area contributed by atoms with Gasteiger partial charge >= 0.3 is 0 Å². The third-order valence-corrected chi connectivity index (χ3v) is 4.26. The van der Waals surface area contributed by atoms with Gasteiger partial charge in [0.25, 0.3) is 0 Å². The van der Waals surface area contributed by atoms with E-state index in [4.69, 9.17) is 4.74 Å². The van der Waals surface area contributed by atoms with E-state index < -0.39 is 9.84 Å². The zero-order valence-electron chi connectivity index (χ0n) is 10.5. The first kappa shape index (κ1) is 13.3. The minimum Gasteiger partial charge on any atom is -0.381 e. The highest BCUT2D eigenvalue weighted by atomic mass is 32.2. The molecular weight excluding hydrogens is 248 g/mol. The summed E-state index contributed by atoms with van der Waals surface area (Å²) in [6.07, 6.45) is 7.61. The van der Waals surface area contributed by atoms with E-state index in [9.17, 15) is 8.42 Å². The molecule has 1 fully saturated rings. The Hall–Kier alpha value is -1.13. The topological polar surface area (TPSA) is 43.4 Å². The maximum atomic E-state index is 11.3. The molecule has 3 nitrogen and oxygen atoms in total. The molecule has 4 heteroatoms. The van der Waals surface area contributed by atoms with E-state index in [0.717, 1.165) is 31.6 Å². The van der Waals surface area contributed by atoms with Crippen LogP contribution in [0.25, 0.3) is 6.08 Å². The number of sulfone groups is 1. The van der Waals surface area contributed by atoms with Crippen molar-refractivity contribution in [2.24, 2.45) is 5.92 Å². The molecule has 1 saturated heterocycles. The van der Waals surface area contributed by atoms with Gasteiger partial charge in [0.2, 0.25) is 0 Å². The average molecular weight is 266 g/mol. The van der Waals surface area contributed by atoms with Crippen molar-refractivity contribution in [3.63, 3.8) is 0 Å². The summed E-state index contributed by atoms with van der Waals surface area (Å²) in [5.41, 5.74) is 1.04. The fraction of sp³-hybridized carbons (Fsp3) is 0.429. The molecule has 1 aliphatic rings. The van der Waals surface area contributed by atoms with Crippen LogP contribution < -0.4 is 0 Å². The van der Waals surface area contributed by atoms with Crippen LogP contribution in [0.3, 0.4) is 0 Å². The van der Waals surface area contributed by atoms with E-state index >= 15 is 0 Å². The van der Waals surface area contributed by atoms with E-state index in [1.54, 1.807) is 12.1 Å². The van der Waals surface area contributed by atoms with Crippen molar-refractivity contribution in [2.75, 3.05) is 19.5 Å². The van der Waals surface area contributed by atoms with Gasteiger partial charge in [-0.05, 0) is 36.5 Å². The summed E-state index contributed by atoms with van der Waals surface area (Å²) >= 11 is 0. The van der Waals surface area contributed by atoms with Crippen molar-refractivity contribution in [3.8, 4) is 0 Å². The SMILES string of the molecule is CS(=O)(=O)c1ccc(C=CC2CCOCC2)cc1. The second kappa shape index (κ2) is 5.67. The van der Waals surface area contributed by atoms with Gasteiger partial charge in [0.15, 0.2) is 9.84 Å². The Bertz CT molecular complexity index is 508. The van der Waals surface area contributed by atoms with Crippen LogP contribution in [0.15, 0.2) is 35.2 Å². The molecule has 1 heterocycles. The second-order valence-electron chi connectivity index (χ2n) is 4.65. The minimum atomic E-state index is -3.10. The molecular formula is C14H18O3S. The van der Waals surface area contributed by atoms with Gasteiger partial charge in [0.05, 0.1) is 4.90 Å². The third-order valence-electron chi connectivity index (χ3n) is 3.14. The first-order chi connectivity index (χ1) is 8.55. The Morgan fingerprint density at radius 2 is 1.78 bits per heavy atom. The van der Waals surface area contributed by atoms with Crippen molar-refractivity contribution in [3.05, 3.63) is 35.9 Å². The van der Waals surface area contributed by atoms with Crippen molar-refractivity contribution in [2.45, 2.75) is 17.7 Å². The molecule has 18 heavy (non-hydrogen) atoms. The van der Waals surface area contributed by atoms with Gasteiger partial charge < -0.3 is 4.74 Å². The summed E-state index contributed by atoms with van der Waals surface area (Å²) in [6, 6.07) is 6.98. The zero-order chi connectivity index (χ0) is 13.0. The molecule has 1 aromatic carbocycles. The summed E-state index contributed by atoms with van der Waals surface area (Å²) in [4.78, 5) is 0.366. The normalized spacial score (nSPS) is 18.3. The summed E-state index contributed by atoms with van der Waals surface area (Å²) < 4.78 is 27.9. The lowest BCUT2D eigenvalue weighted by atomic mass is 9.99. The molecule has 1 aromatic rings. The van der Waals surface area contributed by atoms with Gasteiger partial charge in [0, 0.05) is 19.5 Å².